The number of fused-ring (bicyclic) bond motifs is 1. The molecule has 3 amide bonds. The first-order valence-corrected chi connectivity index (χ1v) is 16.4. The third-order valence-corrected chi connectivity index (χ3v) is 10.1. The second-order valence-electron chi connectivity index (χ2n) is 13.8. The predicted octanol–water partition coefficient (Wildman–Crippen LogP) is 4.04. The molecule has 3 fully saturated rings. The zero-order chi connectivity index (χ0) is 34.0. The molecule has 3 aliphatic rings. The van der Waals surface area contributed by atoms with Crippen LogP contribution in [0.15, 0.2) is 55.6 Å². The van der Waals surface area contributed by atoms with Crippen LogP contribution in [0.5, 0.6) is 0 Å². The Morgan fingerprint density at radius 2 is 1.87 bits per heavy atom. The van der Waals surface area contributed by atoms with Crippen molar-refractivity contribution in [3.63, 3.8) is 0 Å². The molecule has 252 valence electrons. The Kier molecular flexibility index (Phi) is 10.8. The van der Waals surface area contributed by atoms with Gasteiger partial charge in [0.25, 0.3) is 0 Å². The summed E-state index contributed by atoms with van der Waals surface area (Å²) in [5.74, 6) is -3.26. The van der Waals surface area contributed by atoms with Gasteiger partial charge in [-0.05, 0) is 58.9 Å². The zero-order valence-electron chi connectivity index (χ0n) is 28.2. The minimum Gasteiger partial charge on any atom is -0.455 e. The van der Waals surface area contributed by atoms with E-state index in [1.165, 1.54) is 4.90 Å². The van der Waals surface area contributed by atoms with Crippen LogP contribution in [0.1, 0.15) is 78.4 Å². The Bertz CT molecular complexity index is 1310. The van der Waals surface area contributed by atoms with E-state index >= 15 is 0 Å². The molecule has 1 spiro atoms. The summed E-state index contributed by atoms with van der Waals surface area (Å²) in [5, 5.41) is 10.4. The number of rotatable bonds is 14. The van der Waals surface area contributed by atoms with E-state index in [2.05, 4.69) is 13.2 Å². The lowest BCUT2D eigenvalue weighted by Crippen LogP contribution is -2.61. The summed E-state index contributed by atoms with van der Waals surface area (Å²) in [6.07, 6.45) is 4.07. The largest absolute Gasteiger partial charge is 0.455 e. The van der Waals surface area contributed by atoms with Gasteiger partial charge in [0.15, 0.2) is 0 Å². The summed E-state index contributed by atoms with van der Waals surface area (Å²) in [6.45, 7) is 16.9. The number of benzene rings is 1. The van der Waals surface area contributed by atoms with Gasteiger partial charge in [-0.3, -0.25) is 19.2 Å². The molecule has 0 unspecified atom stereocenters. The Morgan fingerprint density at radius 1 is 1.20 bits per heavy atom. The molecular formula is C36H51N3O7. The van der Waals surface area contributed by atoms with Crippen LogP contribution in [-0.4, -0.2) is 99.1 Å². The maximum absolute atomic E-state index is 14.5. The quantitative estimate of drug-likeness (QED) is 0.242. The molecule has 2 bridgehead atoms. The van der Waals surface area contributed by atoms with Gasteiger partial charge < -0.3 is 29.3 Å². The normalized spacial score (nSPS) is 27.0. The average molecular weight is 638 g/mol. The first kappa shape index (κ1) is 35.4. The van der Waals surface area contributed by atoms with Gasteiger partial charge in [-0.2, -0.15) is 0 Å². The van der Waals surface area contributed by atoms with E-state index in [9.17, 15) is 24.3 Å². The first-order chi connectivity index (χ1) is 21.8. The summed E-state index contributed by atoms with van der Waals surface area (Å²) in [6, 6.07) is 7.09. The number of allylic oxidation sites excluding steroid dienone is 1. The highest BCUT2D eigenvalue weighted by molar-refractivity contribution is 5.98. The number of aliphatic hydroxyl groups excluding tert-OH is 1. The average Bonchev–Trinajstić information content (AvgIpc) is 3.68. The van der Waals surface area contributed by atoms with Crippen molar-refractivity contribution < 1.29 is 33.8 Å². The smallest absolute Gasteiger partial charge is 0.313 e. The molecule has 3 saturated heterocycles. The van der Waals surface area contributed by atoms with Gasteiger partial charge in [0.1, 0.15) is 17.7 Å². The van der Waals surface area contributed by atoms with Gasteiger partial charge in [-0.15, -0.1) is 13.2 Å². The van der Waals surface area contributed by atoms with Crippen LogP contribution >= 0.6 is 0 Å². The fourth-order valence-electron chi connectivity index (χ4n) is 7.54. The summed E-state index contributed by atoms with van der Waals surface area (Å²) in [7, 11) is 1.69. The third kappa shape index (κ3) is 6.26. The van der Waals surface area contributed by atoms with Gasteiger partial charge in [-0.25, -0.2) is 0 Å². The second-order valence-corrected chi connectivity index (χ2v) is 13.8. The summed E-state index contributed by atoms with van der Waals surface area (Å²) in [5.41, 5.74) is -1.10. The van der Waals surface area contributed by atoms with Crippen molar-refractivity contribution in [2.45, 2.75) is 108 Å². The number of esters is 1. The topological polar surface area (TPSA) is 117 Å². The molecule has 1 aromatic rings. The molecule has 0 saturated carbocycles. The van der Waals surface area contributed by atoms with E-state index in [0.29, 0.717) is 25.7 Å². The SMILES string of the molecule is C=CCCC(=O)N(C)[C@@H](C)[C@@H](OC(=O)[C@@H]1[C@H]2C(=O)N([C@@H](CC)CO)[C@H](C(=O)N(CC=C)C(C)(C)C)[C@]23CC[C@H]1O3)c1ccccc1. The molecule has 1 aromatic carbocycles. The lowest BCUT2D eigenvalue weighted by atomic mass is 9.70. The fourth-order valence-corrected chi connectivity index (χ4v) is 7.54. The molecule has 3 heterocycles. The number of hydrogen-bond donors (Lipinski definition) is 1. The van der Waals surface area contributed by atoms with Crippen molar-refractivity contribution in [1.82, 2.24) is 14.7 Å². The minimum absolute atomic E-state index is 0.105. The zero-order valence-corrected chi connectivity index (χ0v) is 28.2. The lowest BCUT2D eigenvalue weighted by Gasteiger charge is -2.43. The van der Waals surface area contributed by atoms with Crippen LogP contribution < -0.4 is 0 Å². The monoisotopic (exact) mass is 637 g/mol. The van der Waals surface area contributed by atoms with Crippen molar-refractivity contribution in [3.8, 4) is 0 Å². The number of nitrogens with zero attached hydrogens (tertiary/aromatic N) is 3. The van der Waals surface area contributed by atoms with Crippen LogP contribution in [0.4, 0.5) is 0 Å². The van der Waals surface area contributed by atoms with Gasteiger partial charge in [0.2, 0.25) is 17.7 Å². The van der Waals surface area contributed by atoms with Crippen LogP contribution in [0.3, 0.4) is 0 Å². The Labute approximate surface area is 273 Å². The van der Waals surface area contributed by atoms with Crippen LogP contribution in [0, 0.1) is 11.8 Å². The minimum atomic E-state index is -1.24. The van der Waals surface area contributed by atoms with E-state index in [0.717, 1.165) is 5.56 Å². The maximum atomic E-state index is 14.5. The van der Waals surface area contributed by atoms with E-state index in [-0.39, 0.29) is 37.3 Å². The fraction of sp³-hybridized carbons (Fsp3) is 0.611. The molecule has 3 aliphatic heterocycles. The van der Waals surface area contributed by atoms with E-state index in [1.54, 1.807) is 29.0 Å². The van der Waals surface area contributed by atoms with Crippen LogP contribution in [0.25, 0.3) is 0 Å². The molecular weight excluding hydrogens is 586 g/mol. The predicted molar refractivity (Wildman–Crippen MR) is 174 cm³/mol. The molecule has 0 aliphatic carbocycles. The molecule has 10 nitrogen and oxygen atoms in total. The Morgan fingerprint density at radius 3 is 2.43 bits per heavy atom. The number of ether oxygens (including phenoxy) is 2. The first-order valence-electron chi connectivity index (χ1n) is 16.4. The summed E-state index contributed by atoms with van der Waals surface area (Å²) >= 11 is 0. The van der Waals surface area contributed by atoms with Gasteiger partial charge in [0.05, 0.1) is 36.6 Å². The highest BCUT2D eigenvalue weighted by Gasteiger charge is 2.76. The lowest BCUT2D eigenvalue weighted by molar-refractivity contribution is -0.165. The van der Waals surface area contributed by atoms with Gasteiger partial charge in [0, 0.05) is 25.6 Å². The number of hydrogen-bond acceptors (Lipinski definition) is 7. The molecule has 4 rings (SSSR count). The summed E-state index contributed by atoms with van der Waals surface area (Å²) < 4.78 is 12.9. The standard InChI is InChI=1S/C36H51N3O7/c1-9-12-18-27(41)37(8)23(4)30(24-16-14-13-15-17-24)45-34(44)28-26-19-20-36(46-26)29(28)32(42)39(25(11-3)22-40)31(36)33(43)38(21-10-2)35(5,6)7/h9-10,13-17,23,25-26,28-31,40H,1-2,11-12,18-22H2,3-8H3/t23-,25-,26+,28-,29-,30+,31+,36-/m0/s1. The van der Waals surface area contributed by atoms with E-state index in [1.807, 2.05) is 65.0 Å². The number of likely N-dealkylation sites (N-methyl/N-ethyl adjacent to an activating group) is 1. The highest BCUT2D eigenvalue weighted by Crippen LogP contribution is 2.59. The number of likely N-dealkylation sites (tertiary alicyclic amines) is 1. The van der Waals surface area contributed by atoms with Gasteiger partial charge >= 0.3 is 5.97 Å². The highest BCUT2D eigenvalue weighted by atomic mass is 16.6. The molecule has 8 atom stereocenters. The van der Waals surface area contributed by atoms with Crippen molar-refractivity contribution >= 4 is 23.7 Å². The number of carbonyl (C=O) groups excluding carboxylic acids is 4. The number of aliphatic hydroxyl groups is 1. The molecule has 0 aromatic heterocycles. The van der Waals surface area contributed by atoms with Crippen molar-refractivity contribution in [3.05, 3.63) is 61.2 Å². The number of amides is 3. The molecule has 46 heavy (non-hydrogen) atoms. The number of carbonyl (C=O) groups is 4. The Balaban J connectivity index is 1.72. The van der Waals surface area contributed by atoms with Crippen LogP contribution in [-0.2, 0) is 28.7 Å². The molecule has 1 N–H and O–H groups in total. The molecule has 10 heteroatoms. The third-order valence-electron chi connectivity index (χ3n) is 10.1. The van der Waals surface area contributed by atoms with Gasteiger partial charge in [-0.1, -0.05) is 49.4 Å². The van der Waals surface area contributed by atoms with Crippen molar-refractivity contribution in [2.75, 3.05) is 20.2 Å². The summed E-state index contributed by atoms with van der Waals surface area (Å²) in [4.78, 5) is 61.0. The van der Waals surface area contributed by atoms with Crippen molar-refractivity contribution in [2.24, 2.45) is 11.8 Å². The molecule has 0 radical (unpaired) electrons. The Hall–Kier alpha value is -3.50. The van der Waals surface area contributed by atoms with Crippen LogP contribution in [0.2, 0.25) is 0 Å². The second kappa shape index (κ2) is 14.1. The maximum Gasteiger partial charge on any atom is 0.313 e. The van der Waals surface area contributed by atoms with Crippen molar-refractivity contribution in [1.29, 1.82) is 0 Å². The van der Waals surface area contributed by atoms with E-state index < -0.39 is 59.3 Å². The van der Waals surface area contributed by atoms with E-state index in [4.69, 9.17) is 9.47 Å².